The molecule has 0 radical (unpaired) electrons. The van der Waals surface area contributed by atoms with Gasteiger partial charge < -0.3 is 20.3 Å². The van der Waals surface area contributed by atoms with Gasteiger partial charge in [-0.15, -0.1) is 0 Å². The topological polar surface area (TPSA) is 91.7 Å². The second-order valence-electron chi connectivity index (χ2n) is 7.10. The van der Waals surface area contributed by atoms with Crippen molar-refractivity contribution in [1.29, 1.82) is 0 Å². The summed E-state index contributed by atoms with van der Waals surface area (Å²) in [5.41, 5.74) is 3.91. The van der Waals surface area contributed by atoms with Crippen LogP contribution in [0.15, 0.2) is 47.1 Å². The summed E-state index contributed by atoms with van der Waals surface area (Å²) in [5, 5.41) is 23.4. The van der Waals surface area contributed by atoms with Crippen LogP contribution in [-0.4, -0.2) is 34.4 Å². The molecule has 0 unspecified atom stereocenters. The molecule has 29 heavy (non-hydrogen) atoms. The summed E-state index contributed by atoms with van der Waals surface area (Å²) in [6.07, 6.45) is 3.67. The Morgan fingerprint density at radius 2 is 2.00 bits per heavy atom. The molecule has 1 saturated heterocycles. The van der Waals surface area contributed by atoms with Crippen molar-refractivity contribution in [2.24, 2.45) is 0 Å². The van der Waals surface area contributed by atoms with Crippen LogP contribution in [0.2, 0.25) is 0 Å². The molecule has 1 aliphatic rings. The Bertz CT molecular complexity index is 1060. The maximum Gasteiger partial charge on any atom is 0.337 e. The maximum atomic E-state index is 11.8. The summed E-state index contributed by atoms with van der Waals surface area (Å²) in [6.45, 7) is 1.19. The fourth-order valence-corrected chi connectivity index (χ4v) is 4.11. The number of benzene rings is 2. The largest absolute Gasteiger partial charge is 0.478 e. The van der Waals surface area contributed by atoms with Gasteiger partial charge in [0.1, 0.15) is 0 Å². The third-order valence-electron chi connectivity index (χ3n) is 5.28. The number of ether oxygens (including phenoxy) is 1. The minimum atomic E-state index is -1.05. The molecule has 0 bridgehead atoms. The van der Waals surface area contributed by atoms with Gasteiger partial charge in [-0.05, 0) is 60.2 Å². The summed E-state index contributed by atoms with van der Waals surface area (Å²) < 4.78 is 6.44. The zero-order valence-electron chi connectivity index (χ0n) is 15.7. The number of carboxylic acid groups (broad SMARTS) is 1. The lowest BCUT2D eigenvalue weighted by atomic mass is 9.90. The molecule has 0 saturated carbocycles. The van der Waals surface area contributed by atoms with Crippen LogP contribution in [0.4, 0.5) is 11.4 Å². The van der Waals surface area contributed by atoms with Crippen LogP contribution in [0, 0.1) is 0 Å². The molecule has 3 aromatic rings. The predicted octanol–water partition coefficient (Wildman–Crippen LogP) is 4.83. The van der Waals surface area contributed by atoms with Crippen molar-refractivity contribution >= 4 is 44.2 Å². The number of nitrogens with one attached hydrogen (secondary N) is 1. The number of carbonyl (C=O) groups is 1. The number of hydrogen-bond acceptors (Lipinski definition) is 5. The van der Waals surface area contributed by atoms with Gasteiger partial charge in [-0.2, -0.15) is 0 Å². The molecular formula is C22H21BrN2O4. The Kier molecular flexibility index (Phi) is 5.80. The standard InChI is InChI=1S/C22H21BrN2O4/c23-15-2-4-19-16(10-15)21(18(11-24-19)14-5-7-29-8-6-14)25-20-3-1-13(12-26)9-17(20)22(27)28/h1-4,9-11,14,26H,5-8,12H2,(H,24,25)(H,27,28). The lowest BCUT2D eigenvalue weighted by molar-refractivity contribution is 0.0697. The third kappa shape index (κ3) is 4.12. The van der Waals surface area contributed by atoms with E-state index in [0.717, 1.165) is 39.5 Å². The molecule has 0 atom stereocenters. The number of aromatic carboxylic acids is 1. The van der Waals surface area contributed by atoms with Crippen molar-refractivity contribution < 1.29 is 19.7 Å². The molecule has 7 heteroatoms. The van der Waals surface area contributed by atoms with Gasteiger partial charge in [-0.1, -0.05) is 22.0 Å². The van der Waals surface area contributed by atoms with E-state index in [9.17, 15) is 15.0 Å². The van der Waals surface area contributed by atoms with Crippen molar-refractivity contribution in [3.8, 4) is 0 Å². The fourth-order valence-electron chi connectivity index (χ4n) is 3.75. The molecule has 1 aromatic heterocycles. The number of aliphatic hydroxyl groups excluding tert-OH is 1. The number of carboxylic acids is 1. The van der Waals surface area contributed by atoms with Crippen LogP contribution in [0.25, 0.3) is 10.9 Å². The molecule has 0 aliphatic carbocycles. The first-order valence-corrected chi connectivity index (χ1v) is 10.3. The highest BCUT2D eigenvalue weighted by atomic mass is 79.9. The average Bonchev–Trinajstić information content (AvgIpc) is 2.74. The fraction of sp³-hybridized carbons (Fsp3) is 0.273. The number of aromatic nitrogens is 1. The lowest BCUT2D eigenvalue weighted by Crippen LogP contribution is -2.16. The van der Waals surface area contributed by atoms with E-state index in [2.05, 4.69) is 26.2 Å². The number of rotatable bonds is 5. The number of halogens is 1. The summed E-state index contributed by atoms with van der Waals surface area (Å²) in [6, 6.07) is 10.8. The second kappa shape index (κ2) is 8.49. The quantitative estimate of drug-likeness (QED) is 0.509. The van der Waals surface area contributed by atoms with E-state index in [1.54, 1.807) is 12.1 Å². The molecule has 2 aromatic carbocycles. The molecule has 6 nitrogen and oxygen atoms in total. The zero-order valence-corrected chi connectivity index (χ0v) is 17.3. The van der Waals surface area contributed by atoms with Crippen LogP contribution in [0.5, 0.6) is 0 Å². The molecule has 1 fully saturated rings. The summed E-state index contributed by atoms with van der Waals surface area (Å²) in [7, 11) is 0. The van der Waals surface area contributed by atoms with E-state index in [0.29, 0.717) is 24.5 Å². The van der Waals surface area contributed by atoms with Crippen LogP contribution in [0.1, 0.15) is 40.2 Å². The summed E-state index contributed by atoms with van der Waals surface area (Å²) in [5.74, 6) is -0.762. The Morgan fingerprint density at radius 3 is 2.72 bits per heavy atom. The molecular weight excluding hydrogens is 436 g/mol. The normalized spacial score (nSPS) is 14.8. The summed E-state index contributed by atoms with van der Waals surface area (Å²) >= 11 is 3.53. The molecule has 1 aliphatic heterocycles. The van der Waals surface area contributed by atoms with Gasteiger partial charge in [0.25, 0.3) is 0 Å². The Balaban J connectivity index is 1.87. The lowest BCUT2D eigenvalue weighted by Gasteiger charge is -2.26. The smallest absolute Gasteiger partial charge is 0.337 e. The predicted molar refractivity (Wildman–Crippen MR) is 115 cm³/mol. The van der Waals surface area contributed by atoms with Crippen molar-refractivity contribution in [2.75, 3.05) is 18.5 Å². The van der Waals surface area contributed by atoms with Gasteiger partial charge in [-0.3, -0.25) is 4.98 Å². The number of hydrogen-bond donors (Lipinski definition) is 3. The number of anilines is 2. The molecule has 3 N–H and O–H groups in total. The minimum absolute atomic E-state index is 0.120. The van der Waals surface area contributed by atoms with Gasteiger partial charge in [0.15, 0.2) is 0 Å². The highest BCUT2D eigenvalue weighted by Crippen LogP contribution is 2.39. The number of aliphatic hydroxyl groups is 1. The van der Waals surface area contributed by atoms with Crippen molar-refractivity contribution in [1.82, 2.24) is 4.98 Å². The summed E-state index contributed by atoms with van der Waals surface area (Å²) in [4.78, 5) is 16.5. The Morgan fingerprint density at radius 1 is 1.21 bits per heavy atom. The maximum absolute atomic E-state index is 11.8. The van der Waals surface area contributed by atoms with Gasteiger partial charge in [0, 0.05) is 29.3 Å². The third-order valence-corrected chi connectivity index (χ3v) is 5.77. The van der Waals surface area contributed by atoms with Gasteiger partial charge in [-0.25, -0.2) is 4.79 Å². The Labute approximate surface area is 176 Å². The number of pyridine rings is 1. The average molecular weight is 457 g/mol. The van der Waals surface area contributed by atoms with Gasteiger partial charge in [0.05, 0.1) is 29.1 Å². The van der Waals surface area contributed by atoms with E-state index in [1.165, 1.54) is 6.07 Å². The molecule has 0 amide bonds. The van der Waals surface area contributed by atoms with Gasteiger partial charge in [0.2, 0.25) is 0 Å². The van der Waals surface area contributed by atoms with E-state index in [-0.39, 0.29) is 18.1 Å². The van der Waals surface area contributed by atoms with E-state index >= 15 is 0 Å². The first-order valence-electron chi connectivity index (χ1n) is 9.47. The highest BCUT2D eigenvalue weighted by Gasteiger charge is 2.22. The van der Waals surface area contributed by atoms with Crippen LogP contribution in [0.3, 0.4) is 0 Å². The Hall–Kier alpha value is -2.48. The van der Waals surface area contributed by atoms with E-state index < -0.39 is 5.97 Å². The van der Waals surface area contributed by atoms with Crippen LogP contribution >= 0.6 is 15.9 Å². The minimum Gasteiger partial charge on any atom is -0.478 e. The number of fused-ring (bicyclic) bond motifs is 1. The van der Waals surface area contributed by atoms with Crippen molar-refractivity contribution in [3.05, 3.63) is 63.8 Å². The van der Waals surface area contributed by atoms with Crippen LogP contribution < -0.4 is 5.32 Å². The van der Waals surface area contributed by atoms with E-state index in [4.69, 9.17) is 4.74 Å². The number of nitrogens with zero attached hydrogens (tertiary/aromatic N) is 1. The molecule has 150 valence electrons. The van der Waals surface area contributed by atoms with Crippen molar-refractivity contribution in [2.45, 2.75) is 25.4 Å². The van der Waals surface area contributed by atoms with E-state index in [1.807, 2.05) is 24.4 Å². The first kappa shape index (κ1) is 19.8. The zero-order chi connectivity index (χ0) is 20.4. The molecule has 2 heterocycles. The monoisotopic (exact) mass is 456 g/mol. The SMILES string of the molecule is O=C(O)c1cc(CO)ccc1Nc1c(C2CCOCC2)cnc2ccc(Br)cc12. The van der Waals surface area contributed by atoms with Gasteiger partial charge >= 0.3 is 5.97 Å². The van der Waals surface area contributed by atoms with Crippen molar-refractivity contribution in [3.63, 3.8) is 0 Å². The second-order valence-corrected chi connectivity index (χ2v) is 8.02. The highest BCUT2D eigenvalue weighted by molar-refractivity contribution is 9.10. The first-order chi connectivity index (χ1) is 14.1. The molecule has 4 rings (SSSR count). The van der Waals surface area contributed by atoms with Crippen LogP contribution in [-0.2, 0) is 11.3 Å². The molecule has 0 spiro atoms.